The summed E-state index contributed by atoms with van der Waals surface area (Å²) in [6.45, 7) is 3.25. The van der Waals surface area contributed by atoms with E-state index >= 15 is 0 Å². The number of methoxy groups -OCH3 is 2. The highest BCUT2D eigenvalue weighted by Gasteiger charge is 2.19. The second-order valence-electron chi connectivity index (χ2n) is 7.67. The normalized spacial score (nSPS) is 10.7. The van der Waals surface area contributed by atoms with Gasteiger partial charge >= 0.3 is 0 Å². The molecule has 0 bridgehead atoms. The van der Waals surface area contributed by atoms with E-state index in [0.717, 1.165) is 37.7 Å². The molecule has 3 rings (SSSR count). The molecule has 32 heavy (non-hydrogen) atoms. The number of nitrogens with zero attached hydrogens (tertiary/aromatic N) is 4. The topological polar surface area (TPSA) is 93.2 Å². The summed E-state index contributed by atoms with van der Waals surface area (Å²) in [4.78, 5) is 15.4. The van der Waals surface area contributed by atoms with Crippen molar-refractivity contribution in [3.05, 3.63) is 65.0 Å². The Balaban J connectivity index is 1.68. The average Bonchev–Trinajstić information content (AvgIpc) is 3.34. The molecule has 1 aromatic heterocycles. The molecular weight excluding hydrogens is 406 g/mol. The van der Waals surface area contributed by atoms with Gasteiger partial charge in [0.25, 0.3) is 5.91 Å². The molecule has 1 N–H and O–H groups in total. The lowest BCUT2D eigenvalue weighted by Crippen LogP contribution is -2.33. The number of aryl methyl sites for hydroxylation is 2. The third-order valence-corrected chi connectivity index (χ3v) is 5.49. The summed E-state index contributed by atoms with van der Waals surface area (Å²) in [7, 11) is 3.21. The molecule has 0 spiro atoms. The summed E-state index contributed by atoms with van der Waals surface area (Å²) in [5, 5.41) is 14.0. The van der Waals surface area contributed by atoms with Crippen LogP contribution in [-0.2, 0) is 12.8 Å². The Kier molecular flexibility index (Phi) is 8.60. The number of carbonyl (C=O) groups is 1. The highest BCUT2D eigenvalue weighted by atomic mass is 16.5. The average molecular weight is 438 g/mol. The maximum atomic E-state index is 13.4. The van der Waals surface area contributed by atoms with Gasteiger partial charge in [0, 0.05) is 30.6 Å². The Morgan fingerprint density at radius 2 is 1.66 bits per heavy atom. The van der Waals surface area contributed by atoms with E-state index in [1.165, 1.54) is 5.56 Å². The zero-order chi connectivity index (χ0) is 22.8. The van der Waals surface area contributed by atoms with Crippen molar-refractivity contribution in [3.63, 3.8) is 0 Å². The first kappa shape index (κ1) is 23.2. The van der Waals surface area contributed by atoms with Crippen molar-refractivity contribution < 1.29 is 14.3 Å². The van der Waals surface area contributed by atoms with Crippen molar-refractivity contribution in [2.45, 2.75) is 39.0 Å². The van der Waals surface area contributed by atoms with Gasteiger partial charge in [0.2, 0.25) is 0 Å². The molecule has 0 saturated carbocycles. The van der Waals surface area contributed by atoms with E-state index < -0.39 is 0 Å². The Labute approximate surface area is 188 Å². The maximum absolute atomic E-state index is 13.4. The minimum Gasteiger partial charge on any atom is -0.496 e. The molecule has 1 heterocycles. The van der Waals surface area contributed by atoms with Gasteiger partial charge in [-0.05, 0) is 50.3 Å². The molecule has 0 aliphatic heterocycles. The molecule has 0 saturated heterocycles. The number of carbonyl (C=O) groups excluding carboxylic acids is 1. The summed E-state index contributed by atoms with van der Waals surface area (Å²) in [5.74, 6) is 1.97. The molecule has 2 aromatic carbocycles. The quantitative estimate of drug-likeness (QED) is 0.435. The van der Waals surface area contributed by atoms with Crippen LogP contribution in [0.15, 0.2) is 42.5 Å². The molecule has 170 valence electrons. The molecular formula is C24H31N5O3. The standard InChI is InChI=1S/C24H31N5O3/c1-18-21(31-2)16-20(17-22(18)32-3)24(30)29(14-8-7-13-23-25-27-28-26-23)15-9-12-19-10-5-4-6-11-19/h4-6,10-11,16-17H,7-9,12-15H2,1-3H3,(H,25,26,27,28). The smallest absolute Gasteiger partial charge is 0.254 e. The highest BCUT2D eigenvalue weighted by Crippen LogP contribution is 2.30. The van der Waals surface area contributed by atoms with Crippen LogP contribution in [0.4, 0.5) is 0 Å². The van der Waals surface area contributed by atoms with Gasteiger partial charge in [-0.1, -0.05) is 35.5 Å². The summed E-state index contributed by atoms with van der Waals surface area (Å²) in [6, 6.07) is 13.9. The van der Waals surface area contributed by atoms with E-state index in [4.69, 9.17) is 9.47 Å². The maximum Gasteiger partial charge on any atom is 0.254 e. The predicted molar refractivity (Wildman–Crippen MR) is 122 cm³/mol. The van der Waals surface area contributed by atoms with Gasteiger partial charge in [-0.25, -0.2) is 0 Å². The van der Waals surface area contributed by atoms with E-state index in [1.807, 2.05) is 30.0 Å². The Morgan fingerprint density at radius 3 is 2.28 bits per heavy atom. The van der Waals surface area contributed by atoms with Crippen LogP contribution in [0.25, 0.3) is 0 Å². The lowest BCUT2D eigenvalue weighted by atomic mass is 10.1. The second-order valence-corrected chi connectivity index (χ2v) is 7.67. The Hall–Kier alpha value is -3.42. The first-order chi connectivity index (χ1) is 15.6. The van der Waals surface area contributed by atoms with E-state index in [0.29, 0.717) is 36.0 Å². The van der Waals surface area contributed by atoms with Crippen LogP contribution in [0.2, 0.25) is 0 Å². The monoisotopic (exact) mass is 437 g/mol. The molecule has 0 aliphatic rings. The molecule has 3 aromatic rings. The fourth-order valence-electron chi connectivity index (χ4n) is 3.70. The first-order valence-corrected chi connectivity index (χ1v) is 10.9. The van der Waals surface area contributed by atoms with E-state index in [2.05, 4.69) is 32.8 Å². The van der Waals surface area contributed by atoms with Crippen LogP contribution >= 0.6 is 0 Å². The summed E-state index contributed by atoms with van der Waals surface area (Å²) < 4.78 is 10.9. The number of benzene rings is 2. The van der Waals surface area contributed by atoms with E-state index in [9.17, 15) is 4.79 Å². The number of aromatic nitrogens is 4. The van der Waals surface area contributed by atoms with Gasteiger partial charge in [-0.2, -0.15) is 5.21 Å². The zero-order valence-corrected chi connectivity index (χ0v) is 19.0. The van der Waals surface area contributed by atoms with Gasteiger partial charge in [-0.15, -0.1) is 10.2 Å². The second kappa shape index (κ2) is 11.8. The van der Waals surface area contributed by atoms with Crippen LogP contribution < -0.4 is 9.47 Å². The van der Waals surface area contributed by atoms with Crippen molar-refractivity contribution in [1.29, 1.82) is 0 Å². The summed E-state index contributed by atoms with van der Waals surface area (Å²) in [6.07, 6.45) is 4.28. The van der Waals surface area contributed by atoms with Gasteiger partial charge in [0.05, 0.1) is 14.2 Å². The molecule has 8 nitrogen and oxygen atoms in total. The van der Waals surface area contributed by atoms with Gasteiger partial charge in [0.1, 0.15) is 11.5 Å². The Bertz CT molecular complexity index is 952. The number of hydrogen-bond acceptors (Lipinski definition) is 6. The molecule has 0 radical (unpaired) electrons. The first-order valence-electron chi connectivity index (χ1n) is 10.9. The van der Waals surface area contributed by atoms with Crippen LogP contribution in [0.3, 0.4) is 0 Å². The largest absolute Gasteiger partial charge is 0.496 e. The molecule has 0 atom stereocenters. The SMILES string of the molecule is COc1cc(C(=O)N(CCCCc2nn[nH]n2)CCCc2ccccc2)cc(OC)c1C. The number of tetrazole rings is 1. The molecule has 8 heteroatoms. The van der Waals surface area contributed by atoms with Crippen LogP contribution in [0, 0.1) is 6.92 Å². The molecule has 1 amide bonds. The summed E-state index contributed by atoms with van der Waals surface area (Å²) in [5.41, 5.74) is 2.72. The number of aromatic amines is 1. The zero-order valence-electron chi connectivity index (χ0n) is 19.0. The van der Waals surface area contributed by atoms with Gasteiger partial charge in [-0.3, -0.25) is 4.79 Å². The third kappa shape index (κ3) is 6.29. The third-order valence-electron chi connectivity index (χ3n) is 5.49. The molecule has 0 fully saturated rings. The van der Waals surface area contributed by atoms with Gasteiger partial charge < -0.3 is 14.4 Å². The van der Waals surface area contributed by atoms with E-state index in [1.54, 1.807) is 26.4 Å². The van der Waals surface area contributed by atoms with Crippen molar-refractivity contribution in [3.8, 4) is 11.5 Å². The van der Waals surface area contributed by atoms with Crippen molar-refractivity contribution >= 4 is 5.91 Å². The minimum atomic E-state index is -0.0192. The van der Waals surface area contributed by atoms with Crippen molar-refractivity contribution in [1.82, 2.24) is 25.5 Å². The van der Waals surface area contributed by atoms with Crippen LogP contribution in [0.5, 0.6) is 11.5 Å². The number of rotatable bonds is 12. The number of H-pyrrole nitrogens is 1. The lowest BCUT2D eigenvalue weighted by molar-refractivity contribution is 0.0750. The number of hydrogen-bond donors (Lipinski definition) is 1. The predicted octanol–water partition coefficient (Wildman–Crippen LogP) is 3.62. The van der Waals surface area contributed by atoms with Crippen LogP contribution in [0.1, 0.15) is 46.6 Å². The van der Waals surface area contributed by atoms with Crippen LogP contribution in [-0.4, -0.2) is 58.7 Å². The van der Waals surface area contributed by atoms with Gasteiger partial charge in [0.15, 0.2) is 5.82 Å². The fourth-order valence-corrected chi connectivity index (χ4v) is 3.70. The van der Waals surface area contributed by atoms with Crippen molar-refractivity contribution in [2.75, 3.05) is 27.3 Å². The van der Waals surface area contributed by atoms with Crippen molar-refractivity contribution in [2.24, 2.45) is 0 Å². The van der Waals surface area contributed by atoms with E-state index in [-0.39, 0.29) is 5.91 Å². The highest BCUT2D eigenvalue weighted by molar-refractivity contribution is 5.95. The number of amides is 1. The number of nitrogens with one attached hydrogen (secondary N) is 1. The lowest BCUT2D eigenvalue weighted by Gasteiger charge is -2.24. The Morgan fingerprint density at radius 1 is 0.969 bits per heavy atom. The fraction of sp³-hybridized carbons (Fsp3) is 0.417. The summed E-state index contributed by atoms with van der Waals surface area (Å²) >= 11 is 0. The molecule has 0 aliphatic carbocycles. The number of ether oxygens (including phenoxy) is 2. The number of unbranched alkanes of at least 4 members (excludes halogenated alkanes) is 1. The minimum absolute atomic E-state index is 0.0192. The molecule has 0 unspecified atom stereocenters.